The molecule has 7 nitrogen and oxygen atoms in total. The first-order valence-electron chi connectivity index (χ1n) is 6.78. The summed E-state index contributed by atoms with van der Waals surface area (Å²) in [5.41, 5.74) is 12.2. The van der Waals surface area contributed by atoms with Crippen molar-refractivity contribution < 1.29 is 5.21 Å². The molecule has 0 saturated heterocycles. The molecule has 5 N–H and O–H groups in total. The van der Waals surface area contributed by atoms with Gasteiger partial charge in [0.25, 0.3) is 0 Å². The molecule has 0 aromatic carbocycles. The highest BCUT2D eigenvalue weighted by Gasteiger charge is 2.30. The van der Waals surface area contributed by atoms with Crippen LogP contribution in [0.2, 0.25) is 0 Å². The average molecular weight is 462 g/mol. The van der Waals surface area contributed by atoms with Crippen LogP contribution in [-0.4, -0.2) is 27.1 Å². The molecule has 0 amide bonds. The Kier molecular flexibility index (Phi) is 4.85. The quantitative estimate of drug-likeness (QED) is 0.312. The topological polar surface area (TPSA) is 112 Å². The first-order chi connectivity index (χ1) is 11.0. The molecular weight excluding hydrogens is 448 g/mol. The number of rotatable bonds is 2. The van der Waals surface area contributed by atoms with Crippen molar-refractivity contribution in [1.82, 2.24) is 15.7 Å². The lowest BCUT2D eigenvalue weighted by Crippen LogP contribution is -2.28. The van der Waals surface area contributed by atoms with Crippen LogP contribution in [0, 0.1) is 6.92 Å². The van der Waals surface area contributed by atoms with Gasteiger partial charge in [0.1, 0.15) is 0 Å². The zero-order valence-electron chi connectivity index (χ0n) is 12.1. The van der Waals surface area contributed by atoms with E-state index < -0.39 is 0 Å². The fourth-order valence-electron chi connectivity index (χ4n) is 2.73. The first kappa shape index (κ1) is 16.6. The van der Waals surface area contributed by atoms with E-state index in [0.717, 1.165) is 43.1 Å². The second-order valence-corrected chi connectivity index (χ2v) is 8.95. The van der Waals surface area contributed by atoms with Crippen LogP contribution in [0.15, 0.2) is 23.8 Å². The number of H-pyrrole nitrogens is 1. The van der Waals surface area contributed by atoms with Gasteiger partial charge in [0, 0.05) is 11.3 Å². The fourth-order valence-corrected chi connectivity index (χ4v) is 5.78. The normalized spacial score (nSPS) is 19.9. The molecule has 0 radical (unpaired) electrons. The molecule has 0 fully saturated rings. The molecule has 0 aliphatic heterocycles. The van der Waals surface area contributed by atoms with Crippen LogP contribution in [0.3, 0.4) is 0 Å². The number of hydrogen-bond acceptors (Lipinski definition) is 5. The molecule has 1 unspecified atom stereocenters. The van der Waals surface area contributed by atoms with Gasteiger partial charge in [-0.05, 0) is 69.2 Å². The number of hydroxylamine groups is 1. The first-order valence-corrected chi connectivity index (χ1v) is 9.19. The van der Waals surface area contributed by atoms with Crippen LogP contribution in [0.4, 0.5) is 0 Å². The third-order valence-electron chi connectivity index (χ3n) is 3.71. The highest BCUT2D eigenvalue weighted by atomic mass is 79.9. The van der Waals surface area contributed by atoms with Crippen LogP contribution < -0.4 is 11.2 Å². The van der Waals surface area contributed by atoms with Crippen molar-refractivity contribution in [3.05, 3.63) is 36.2 Å². The summed E-state index contributed by atoms with van der Waals surface area (Å²) in [7, 11) is 0. The van der Waals surface area contributed by atoms with E-state index in [1.807, 2.05) is 6.92 Å². The summed E-state index contributed by atoms with van der Waals surface area (Å²) in [5.74, 6) is 0.0983. The molecule has 3 rings (SSSR count). The number of guanidine groups is 1. The van der Waals surface area contributed by atoms with E-state index >= 15 is 0 Å². The summed E-state index contributed by atoms with van der Waals surface area (Å²) in [6.07, 6.45) is 1.55. The molecule has 1 atom stereocenters. The minimum absolute atomic E-state index is 0.151. The van der Waals surface area contributed by atoms with Crippen molar-refractivity contribution in [2.45, 2.75) is 25.7 Å². The summed E-state index contributed by atoms with van der Waals surface area (Å²) in [4.78, 5) is 0. The van der Waals surface area contributed by atoms with Gasteiger partial charge < -0.3 is 5.73 Å². The molecule has 1 aliphatic rings. The number of aryl methyl sites for hydroxylation is 1. The maximum atomic E-state index is 8.74. The van der Waals surface area contributed by atoms with Crippen LogP contribution in [0.5, 0.6) is 0 Å². The SMILES string of the molecule is Cc1[nH]nc2c1C(=N/N=C(/N)NO)CC(c1cc(Br)sc1Br)C2. The number of nitrogens with one attached hydrogen (secondary N) is 2. The summed E-state index contributed by atoms with van der Waals surface area (Å²) < 4.78 is 2.18. The average Bonchev–Trinajstić information content (AvgIpc) is 3.06. The van der Waals surface area contributed by atoms with E-state index in [9.17, 15) is 0 Å². The van der Waals surface area contributed by atoms with Gasteiger partial charge in [-0.3, -0.25) is 10.3 Å². The largest absolute Gasteiger partial charge is 0.367 e. The smallest absolute Gasteiger partial charge is 0.237 e. The van der Waals surface area contributed by atoms with Crippen molar-refractivity contribution in [2.24, 2.45) is 15.9 Å². The van der Waals surface area contributed by atoms with Crippen molar-refractivity contribution in [2.75, 3.05) is 0 Å². The summed E-state index contributed by atoms with van der Waals surface area (Å²) >= 11 is 8.79. The monoisotopic (exact) mass is 460 g/mol. The highest BCUT2D eigenvalue weighted by molar-refractivity contribution is 9.12. The zero-order chi connectivity index (χ0) is 16.6. The van der Waals surface area contributed by atoms with E-state index in [-0.39, 0.29) is 11.9 Å². The van der Waals surface area contributed by atoms with Crippen LogP contribution in [0.25, 0.3) is 0 Å². The van der Waals surface area contributed by atoms with Gasteiger partial charge in [-0.15, -0.1) is 16.4 Å². The predicted molar refractivity (Wildman–Crippen MR) is 97.2 cm³/mol. The van der Waals surface area contributed by atoms with Crippen LogP contribution in [-0.2, 0) is 6.42 Å². The lowest BCUT2D eigenvalue weighted by Gasteiger charge is -2.22. The summed E-state index contributed by atoms with van der Waals surface area (Å²) in [6, 6.07) is 2.12. The molecule has 0 saturated carbocycles. The molecule has 2 aromatic heterocycles. The summed E-state index contributed by atoms with van der Waals surface area (Å²) in [5, 5.41) is 24.2. The van der Waals surface area contributed by atoms with E-state index in [1.165, 1.54) is 5.56 Å². The van der Waals surface area contributed by atoms with Crippen LogP contribution in [0.1, 0.15) is 34.9 Å². The Balaban J connectivity index is 2.02. The van der Waals surface area contributed by atoms with Crippen molar-refractivity contribution in [3.63, 3.8) is 0 Å². The van der Waals surface area contributed by atoms with E-state index in [1.54, 1.807) is 16.8 Å². The second-order valence-electron chi connectivity index (χ2n) is 5.20. The maximum absolute atomic E-state index is 8.74. The van der Waals surface area contributed by atoms with Gasteiger partial charge in [-0.2, -0.15) is 10.2 Å². The van der Waals surface area contributed by atoms with E-state index in [4.69, 9.17) is 10.9 Å². The Morgan fingerprint density at radius 2 is 2.30 bits per heavy atom. The Morgan fingerprint density at radius 3 is 2.96 bits per heavy atom. The van der Waals surface area contributed by atoms with Gasteiger partial charge >= 0.3 is 0 Å². The molecule has 2 heterocycles. The highest BCUT2D eigenvalue weighted by Crippen LogP contribution is 2.41. The third kappa shape index (κ3) is 3.35. The van der Waals surface area contributed by atoms with E-state index in [2.05, 4.69) is 58.3 Å². The lowest BCUT2D eigenvalue weighted by molar-refractivity contribution is 0.232. The second kappa shape index (κ2) is 6.71. The molecule has 23 heavy (non-hydrogen) atoms. The maximum Gasteiger partial charge on any atom is 0.237 e. The standard InChI is InChI=1S/C13H14Br2N6OS/c1-5-11-8(18-17-5)2-6(7-4-10(14)23-12(7)15)3-9(11)19-20-13(16)21-22/h4,6,22H,2-3H2,1H3,(H,17,18)(H3,16,20,21). The third-order valence-corrected chi connectivity index (χ3v) is 6.09. The van der Waals surface area contributed by atoms with Crippen LogP contribution >= 0.6 is 43.2 Å². The number of aromatic amines is 1. The fraction of sp³-hybridized carbons (Fsp3) is 0.308. The molecule has 10 heteroatoms. The Morgan fingerprint density at radius 1 is 1.52 bits per heavy atom. The van der Waals surface area contributed by atoms with Crippen molar-refractivity contribution in [1.29, 1.82) is 0 Å². The Bertz CT molecular complexity index is 796. The van der Waals surface area contributed by atoms with Crippen molar-refractivity contribution in [3.8, 4) is 0 Å². The minimum atomic E-state index is -0.151. The minimum Gasteiger partial charge on any atom is -0.367 e. The Hall–Kier alpha value is -1.23. The zero-order valence-corrected chi connectivity index (χ0v) is 16.1. The number of aromatic nitrogens is 2. The number of fused-ring (bicyclic) bond motifs is 1. The van der Waals surface area contributed by atoms with Gasteiger partial charge in [-0.25, -0.2) is 5.48 Å². The number of halogens is 2. The number of nitrogens with two attached hydrogens (primary N) is 1. The molecule has 0 bridgehead atoms. The molecule has 0 spiro atoms. The Labute approximate surface area is 153 Å². The number of nitrogens with zero attached hydrogens (tertiary/aromatic N) is 3. The van der Waals surface area contributed by atoms with Gasteiger partial charge in [0.15, 0.2) is 0 Å². The summed E-state index contributed by atoms with van der Waals surface area (Å²) in [6.45, 7) is 1.95. The van der Waals surface area contributed by atoms with Gasteiger partial charge in [-0.1, -0.05) is 0 Å². The number of thiophene rings is 1. The predicted octanol–water partition coefficient (Wildman–Crippen LogP) is 3.03. The van der Waals surface area contributed by atoms with Gasteiger partial charge in [0.2, 0.25) is 5.96 Å². The lowest BCUT2D eigenvalue weighted by atomic mass is 9.82. The van der Waals surface area contributed by atoms with Crippen molar-refractivity contribution >= 4 is 54.9 Å². The molecular formula is C13H14Br2N6OS. The van der Waals surface area contributed by atoms with E-state index in [0.29, 0.717) is 0 Å². The number of hydrogen-bond donors (Lipinski definition) is 4. The molecule has 122 valence electrons. The molecule has 1 aliphatic carbocycles. The van der Waals surface area contributed by atoms with Gasteiger partial charge in [0.05, 0.1) is 19.0 Å². The molecule has 2 aromatic rings.